The number of nitrogens with two attached hydrogens (primary N) is 1. The van der Waals surface area contributed by atoms with Crippen molar-refractivity contribution in [3.8, 4) is 0 Å². The summed E-state index contributed by atoms with van der Waals surface area (Å²) in [6.07, 6.45) is 7.02. The zero-order valence-corrected chi connectivity index (χ0v) is 12.8. The second-order valence-electron chi connectivity index (χ2n) is 6.41. The van der Waals surface area contributed by atoms with E-state index in [9.17, 15) is 0 Å². The van der Waals surface area contributed by atoms with E-state index < -0.39 is 0 Å². The minimum absolute atomic E-state index is 0.368. The molecule has 0 amide bonds. The molecule has 0 saturated carbocycles. The van der Waals surface area contributed by atoms with Gasteiger partial charge in [-0.1, -0.05) is 12.2 Å². The maximum Gasteiger partial charge on any atom is 0.223 e. The maximum absolute atomic E-state index is 5.96. The molecule has 2 N–H and O–H groups in total. The predicted octanol–water partition coefficient (Wildman–Crippen LogP) is 1.30. The van der Waals surface area contributed by atoms with E-state index in [1.165, 1.54) is 12.8 Å². The summed E-state index contributed by atoms with van der Waals surface area (Å²) in [7, 11) is 0. The second-order valence-corrected chi connectivity index (χ2v) is 6.41. The average molecular weight is 301 g/mol. The number of hydrogen-bond acceptors (Lipinski definition) is 6. The van der Waals surface area contributed by atoms with E-state index in [1.54, 1.807) is 0 Å². The molecule has 118 valence electrons. The van der Waals surface area contributed by atoms with Crippen LogP contribution in [-0.4, -0.2) is 49.4 Å². The third-order valence-electron chi connectivity index (χ3n) is 5.00. The summed E-state index contributed by atoms with van der Waals surface area (Å²) in [5, 5.41) is 0. The van der Waals surface area contributed by atoms with E-state index in [-0.39, 0.29) is 0 Å². The number of rotatable bonds is 2. The number of anilines is 3. The summed E-state index contributed by atoms with van der Waals surface area (Å²) in [6.45, 7) is 5.38. The zero-order valence-electron chi connectivity index (χ0n) is 12.8. The fourth-order valence-corrected chi connectivity index (χ4v) is 3.76. The van der Waals surface area contributed by atoms with Gasteiger partial charge in [-0.3, -0.25) is 0 Å². The number of nitrogens with zero attached hydrogens (tertiary/aromatic N) is 4. The Morgan fingerprint density at radius 3 is 2.18 bits per heavy atom. The van der Waals surface area contributed by atoms with Crippen molar-refractivity contribution < 1.29 is 4.74 Å². The number of ether oxygens (including phenoxy) is 1. The first-order chi connectivity index (χ1) is 10.8. The average Bonchev–Trinajstić information content (AvgIpc) is 2.99. The molecule has 2 atom stereocenters. The van der Waals surface area contributed by atoms with Gasteiger partial charge in [0.25, 0.3) is 0 Å². The molecule has 6 heteroatoms. The lowest BCUT2D eigenvalue weighted by atomic mass is 9.86. The van der Waals surface area contributed by atoms with Crippen LogP contribution < -0.4 is 15.5 Å². The highest BCUT2D eigenvalue weighted by molar-refractivity contribution is 5.55. The first-order valence-electron chi connectivity index (χ1n) is 8.17. The first-order valence-corrected chi connectivity index (χ1v) is 8.17. The molecule has 0 spiro atoms. The van der Waals surface area contributed by atoms with Gasteiger partial charge >= 0.3 is 0 Å². The van der Waals surface area contributed by atoms with Crippen molar-refractivity contribution in [2.24, 2.45) is 11.8 Å². The number of allylic oxidation sites excluding steroid dienone is 2. The third kappa shape index (κ3) is 2.63. The number of fused-ring (bicyclic) bond motifs is 1. The molecule has 0 aromatic carbocycles. The Morgan fingerprint density at radius 1 is 0.955 bits per heavy atom. The lowest BCUT2D eigenvalue weighted by molar-refractivity contribution is 0.122. The van der Waals surface area contributed by atoms with Gasteiger partial charge in [0.15, 0.2) is 0 Å². The summed E-state index contributed by atoms with van der Waals surface area (Å²) in [5.74, 6) is 3.79. The second kappa shape index (κ2) is 5.76. The Balaban J connectivity index is 1.55. The molecule has 2 fully saturated rings. The number of nitrogen functional groups attached to an aromatic ring is 1. The molecule has 0 bridgehead atoms. The molecule has 4 rings (SSSR count). The molecule has 0 radical (unpaired) electrons. The van der Waals surface area contributed by atoms with Crippen LogP contribution in [0.1, 0.15) is 12.8 Å². The SMILES string of the molecule is Nc1nc(N2CCOCC2)cc(N2C[C@H]3CC=CC[C@H]3C2)n1. The fraction of sp³-hybridized carbons (Fsp3) is 0.625. The van der Waals surface area contributed by atoms with Crippen LogP contribution in [0.15, 0.2) is 18.2 Å². The maximum atomic E-state index is 5.96. The lowest BCUT2D eigenvalue weighted by Crippen LogP contribution is -2.37. The normalized spacial score (nSPS) is 28.0. The molecule has 1 aliphatic carbocycles. The smallest absolute Gasteiger partial charge is 0.223 e. The van der Waals surface area contributed by atoms with Gasteiger partial charge in [-0.25, -0.2) is 0 Å². The van der Waals surface area contributed by atoms with Gasteiger partial charge in [-0.2, -0.15) is 9.97 Å². The van der Waals surface area contributed by atoms with Crippen molar-refractivity contribution in [3.63, 3.8) is 0 Å². The quantitative estimate of drug-likeness (QED) is 0.831. The number of morpholine rings is 1. The molecular weight excluding hydrogens is 278 g/mol. The standard InChI is InChI=1S/C16H23N5O/c17-16-18-14(20-5-7-22-8-6-20)9-15(19-16)21-10-12-3-1-2-4-13(12)11-21/h1-2,9,12-13H,3-8,10-11H2,(H2,17,18,19)/t12-,13+. The molecule has 1 aromatic rings. The first kappa shape index (κ1) is 13.8. The van der Waals surface area contributed by atoms with Gasteiger partial charge in [-0.05, 0) is 24.7 Å². The zero-order chi connectivity index (χ0) is 14.9. The van der Waals surface area contributed by atoms with E-state index in [1.807, 2.05) is 0 Å². The van der Waals surface area contributed by atoms with E-state index in [2.05, 4.69) is 38.0 Å². The molecule has 0 unspecified atom stereocenters. The van der Waals surface area contributed by atoms with Crippen LogP contribution in [0.25, 0.3) is 0 Å². The Morgan fingerprint density at radius 2 is 1.55 bits per heavy atom. The third-order valence-corrected chi connectivity index (χ3v) is 5.00. The molecule has 6 nitrogen and oxygen atoms in total. The topological polar surface area (TPSA) is 67.5 Å². The highest BCUT2D eigenvalue weighted by atomic mass is 16.5. The molecule has 2 aliphatic heterocycles. The molecule has 22 heavy (non-hydrogen) atoms. The monoisotopic (exact) mass is 301 g/mol. The van der Waals surface area contributed by atoms with Crippen LogP contribution in [0.2, 0.25) is 0 Å². The molecule has 3 heterocycles. The molecule has 3 aliphatic rings. The summed E-state index contributed by atoms with van der Waals surface area (Å²) < 4.78 is 5.41. The van der Waals surface area contributed by atoms with E-state index in [0.29, 0.717) is 5.95 Å². The lowest BCUT2D eigenvalue weighted by Gasteiger charge is -2.29. The Bertz CT molecular complexity index is 554. The van der Waals surface area contributed by atoms with Gasteiger partial charge < -0.3 is 20.3 Å². The Labute approximate surface area is 131 Å². The van der Waals surface area contributed by atoms with Crippen molar-refractivity contribution in [1.29, 1.82) is 0 Å². The minimum Gasteiger partial charge on any atom is -0.378 e. The Kier molecular flexibility index (Phi) is 3.62. The summed E-state index contributed by atoms with van der Waals surface area (Å²) in [5.41, 5.74) is 5.96. The summed E-state index contributed by atoms with van der Waals surface area (Å²) in [4.78, 5) is 13.5. The van der Waals surface area contributed by atoms with Crippen LogP contribution in [0.5, 0.6) is 0 Å². The summed E-state index contributed by atoms with van der Waals surface area (Å²) in [6, 6.07) is 2.09. The van der Waals surface area contributed by atoms with Gasteiger partial charge in [0, 0.05) is 32.2 Å². The van der Waals surface area contributed by atoms with Crippen molar-refractivity contribution in [3.05, 3.63) is 18.2 Å². The predicted molar refractivity (Wildman–Crippen MR) is 87.0 cm³/mol. The fourth-order valence-electron chi connectivity index (χ4n) is 3.76. The molecular formula is C16H23N5O. The highest BCUT2D eigenvalue weighted by Gasteiger charge is 2.33. The van der Waals surface area contributed by atoms with Crippen LogP contribution in [0.4, 0.5) is 17.6 Å². The van der Waals surface area contributed by atoms with Crippen molar-refractivity contribution in [1.82, 2.24) is 9.97 Å². The molecule has 1 aromatic heterocycles. The van der Waals surface area contributed by atoms with Crippen LogP contribution in [-0.2, 0) is 4.74 Å². The van der Waals surface area contributed by atoms with Crippen molar-refractivity contribution in [2.45, 2.75) is 12.8 Å². The van der Waals surface area contributed by atoms with Crippen molar-refractivity contribution in [2.75, 3.05) is 54.9 Å². The van der Waals surface area contributed by atoms with E-state index in [4.69, 9.17) is 10.5 Å². The summed E-state index contributed by atoms with van der Waals surface area (Å²) >= 11 is 0. The van der Waals surface area contributed by atoms with Crippen LogP contribution >= 0.6 is 0 Å². The van der Waals surface area contributed by atoms with Gasteiger partial charge in [0.05, 0.1) is 13.2 Å². The number of aromatic nitrogens is 2. The number of hydrogen-bond donors (Lipinski definition) is 1. The van der Waals surface area contributed by atoms with E-state index >= 15 is 0 Å². The molecule has 2 saturated heterocycles. The van der Waals surface area contributed by atoms with Crippen LogP contribution in [0.3, 0.4) is 0 Å². The van der Waals surface area contributed by atoms with E-state index in [0.717, 1.165) is 62.9 Å². The minimum atomic E-state index is 0.368. The largest absolute Gasteiger partial charge is 0.378 e. The van der Waals surface area contributed by atoms with Crippen LogP contribution in [0, 0.1) is 11.8 Å². The van der Waals surface area contributed by atoms with Gasteiger partial charge in [0.1, 0.15) is 11.6 Å². The van der Waals surface area contributed by atoms with Crippen molar-refractivity contribution >= 4 is 17.6 Å². The highest BCUT2D eigenvalue weighted by Crippen LogP contribution is 2.35. The van der Waals surface area contributed by atoms with Gasteiger partial charge in [0.2, 0.25) is 5.95 Å². The Hall–Kier alpha value is -1.82. The van der Waals surface area contributed by atoms with Gasteiger partial charge in [-0.15, -0.1) is 0 Å².